The molecule has 0 aromatic carbocycles. The molecule has 0 aliphatic carbocycles. The van der Waals surface area contributed by atoms with E-state index in [1.54, 1.807) is 0 Å². The van der Waals surface area contributed by atoms with Gasteiger partial charge in [-0.25, -0.2) is 9.78 Å². The number of aromatic nitrogens is 1. The van der Waals surface area contributed by atoms with Crippen molar-refractivity contribution in [2.75, 3.05) is 6.61 Å². The summed E-state index contributed by atoms with van der Waals surface area (Å²) in [6.45, 7) is 1.19. The number of pyridine rings is 1. The highest BCUT2D eigenvalue weighted by molar-refractivity contribution is 9.08. The molecule has 0 N–H and O–H groups in total. The smallest absolute Gasteiger partial charge is 0.461 e. The Hall–Kier alpha value is -1.52. The molecule has 0 fully saturated rings. The molecule has 0 atom stereocenters. The average Bonchev–Trinajstić information content (AvgIpc) is 2.35. The molecule has 1 aromatic rings. The second kappa shape index (κ2) is 6.71. The first-order valence-electron chi connectivity index (χ1n) is 5.59. The van der Waals surface area contributed by atoms with Gasteiger partial charge in [-0.15, -0.1) is 13.2 Å². The van der Waals surface area contributed by atoms with Gasteiger partial charge in [0.1, 0.15) is 0 Å². The summed E-state index contributed by atoms with van der Waals surface area (Å²) in [6.07, 6.45) is -10.3. The number of nitrogens with zero attached hydrogens (tertiary/aromatic N) is 1. The van der Waals surface area contributed by atoms with Crippen molar-refractivity contribution in [3.63, 3.8) is 0 Å². The highest BCUT2D eigenvalue weighted by Gasteiger charge is 2.39. The van der Waals surface area contributed by atoms with E-state index in [0.717, 1.165) is 0 Å². The van der Waals surface area contributed by atoms with Crippen molar-refractivity contribution in [1.29, 1.82) is 0 Å². The Morgan fingerprint density at radius 3 is 2.27 bits per heavy atom. The molecule has 11 heteroatoms. The van der Waals surface area contributed by atoms with Gasteiger partial charge < -0.3 is 9.47 Å². The number of carbonyl (C=O) groups excluding carboxylic acids is 1. The van der Waals surface area contributed by atoms with Gasteiger partial charge in [0.2, 0.25) is 5.88 Å². The minimum absolute atomic E-state index is 0.183. The second-order valence-corrected chi connectivity index (χ2v) is 4.30. The number of rotatable bonds is 4. The van der Waals surface area contributed by atoms with Crippen LogP contribution in [0.4, 0.5) is 26.3 Å². The fourth-order valence-corrected chi connectivity index (χ4v) is 1.98. The van der Waals surface area contributed by atoms with Crippen molar-refractivity contribution in [1.82, 2.24) is 4.98 Å². The Morgan fingerprint density at radius 1 is 1.27 bits per heavy atom. The third kappa shape index (κ3) is 4.75. The summed E-state index contributed by atoms with van der Waals surface area (Å²) in [5.74, 6) is -2.65. The van der Waals surface area contributed by atoms with Gasteiger partial charge in [-0.05, 0) is 13.0 Å². The number of alkyl halides is 7. The zero-order valence-corrected chi connectivity index (χ0v) is 12.4. The van der Waals surface area contributed by atoms with Crippen molar-refractivity contribution in [3.05, 3.63) is 22.9 Å². The van der Waals surface area contributed by atoms with E-state index in [2.05, 4.69) is 30.4 Å². The number of carbonyl (C=O) groups is 1. The highest BCUT2D eigenvalue weighted by atomic mass is 79.9. The minimum atomic E-state index is -5.26. The van der Waals surface area contributed by atoms with E-state index in [-0.39, 0.29) is 6.61 Å². The molecule has 0 saturated carbocycles. The van der Waals surface area contributed by atoms with E-state index in [1.807, 2.05) is 0 Å². The van der Waals surface area contributed by atoms with Crippen molar-refractivity contribution >= 4 is 21.9 Å². The van der Waals surface area contributed by atoms with E-state index in [9.17, 15) is 31.1 Å². The van der Waals surface area contributed by atoms with Crippen LogP contribution in [0.2, 0.25) is 0 Å². The Kier molecular flexibility index (Phi) is 5.65. The molecule has 4 nitrogen and oxygen atoms in total. The van der Waals surface area contributed by atoms with Gasteiger partial charge in [-0.2, -0.15) is 13.2 Å². The summed E-state index contributed by atoms with van der Waals surface area (Å²) in [5, 5.41) is -0.608. The van der Waals surface area contributed by atoms with Gasteiger partial charge in [-0.1, -0.05) is 15.9 Å². The maximum atomic E-state index is 12.9. The van der Waals surface area contributed by atoms with Crippen LogP contribution in [-0.4, -0.2) is 23.9 Å². The molecule has 0 saturated heterocycles. The lowest BCUT2D eigenvalue weighted by atomic mass is 10.1. The zero-order chi connectivity index (χ0) is 17.1. The molecular formula is C11H8BrF6NO3. The second-order valence-electron chi connectivity index (χ2n) is 3.74. The average molecular weight is 396 g/mol. The van der Waals surface area contributed by atoms with Crippen LogP contribution in [-0.2, 0) is 16.2 Å². The normalized spacial score (nSPS) is 12.2. The first kappa shape index (κ1) is 18.5. The van der Waals surface area contributed by atoms with Gasteiger partial charge in [-0.3, -0.25) is 0 Å². The van der Waals surface area contributed by atoms with Crippen LogP contribution in [0.1, 0.15) is 28.5 Å². The topological polar surface area (TPSA) is 48.4 Å². The molecule has 0 bridgehead atoms. The maximum absolute atomic E-state index is 12.9. The first-order chi connectivity index (χ1) is 9.99. The van der Waals surface area contributed by atoms with Crippen LogP contribution < -0.4 is 4.74 Å². The fraction of sp³-hybridized carbons (Fsp3) is 0.455. The van der Waals surface area contributed by atoms with Crippen LogP contribution in [0.25, 0.3) is 0 Å². The van der Waals surface area contributed by atoms with Crippen molar-refractivity contribution in [3.8, 4) is 5.88 Å². The Labute approximate surface area is 128 Å². The first-order valence-corrected chi connectivity index (χ1v) is 6.71. The standard InChI is InChI=1S/C11H8BrF6NO3/c1-2-21-9(20)7-3-6(10(13,14)15)5(4-12)8(19-7)22-11(16,17)18/h3H,2,4H2,1H3. The molecule has 0 aliphatic heterocycles. The number of halogens is 7. The quantitative estimate of drug-likeness (QED) is 0.438. The lowest BCUT2D eigenvalue weighted by molar-refractivity contribution is -0.276. The molecule has 22 heavy (non-hydrogen) atoms. The molecule has 0 radical (unpaired) electrons. The van der Waals surface area contributed by atoms with Crippen LogP contribution in [0, 0.1) is 0 Å². The van der Waals surface area contributed by atoms with Crippen LogP contribution in [0.5, 0.6) is 5.88 Å². The summed E-state index contributed by atoms with van der Waals surface area (Å²) in [7, 11) is 0. The predicted molar refractivity (Wildman–Crippen MR) is 64.5 cm³/mol. The summed E-state index contributed by atoms with van der Waals surface area (Å²) in [6, 6.07) is 0.317. The largest absolute Gasteiger partial charge is 0.574 e. The molecule has 0 aliphatic rings. The lowest BCUT2D eigenvalue weighted by Crippen LogP contribution is -2.22. The zero-order valence-electron chi connectivity index (χ0n) is 10.8. The van der Waals surface area contributed by atoms with E-state index >= 15 is 0 Å². The van der Waals surface area contributed by atoms with Gasteiger partial charge >= 0.3 is 18.5 Å². The minimum Gasteiger partial charge on any atom is -0.461 e. The van der Waals surface area contributed by atoms with E-state index in [0.29, 0.717) is 6.07 Å². The van der Waals surface area contributed by atoms with E-state index < -0.39 is 46.5 Å². The third-order valence-corrected chi connectivity index (χ3v) is 2.78. The Morgan fingerprint density at radius 2 is 1.86 bits per heavy atom. The van der Waals surface area contributed by atoms with Crippen LogP contribution in [0.15, 0.2) is 6.07 Å². The number of hydrogen-bond acceptors (Lipinski definition) is 4. The Balaban J connectivity index is 3.51. The van der Waals surface area contributed by atoms with Crippen molar-refractivity contribution in [2.45, 2.75) is 24.8 Å². The number of esters is 1. The van der Waals surface area contributed by atoms with Crippen molar-refractivity contribution < 1.29 is 40.6 Å². The maximum Gasteiger partial charge on any atom is 0.574 e. The van der Waals surface area contributed by atoms with Gasteiger partial charge in [0.15, 0.2) is 5.69 Å². The number of ether oxygens (including phenoxy) is 2. The molecule has 0 unspecified atom stereocenters. The van der Waals surface area contributed by atoms with Crippen molar-refractivity contribution in [2.24, 2.45) is 0 Å². The number of hydrogen-bond donors (Lipinski definition) is 0. The van der Waals surface area contributed by atoms with Gasteiger partial charge in [0.25, 0.3) is 0 Å². The van der Waals surface area contributed by atoms with E-state index in [1.165, 1.54) is 6.92 Å². The van der Waals surface area contributed by atoms with Gasteiger partial charge in [0, 0.05) is 10.9 Å². The molecule has 0 spiro atoms. The molecule has 0 amide bonds. The van der Waals surface area contributed by atoms with Crippen LogP contribution in [0.3, 0.4) is 0 Å². The monoisotopic (exact) mass is 395 g/mol. The predicted octanol–water partition coefficient (Wildman–Crippen LogP) is 4.07. The molecule has 124 valence electrons. The van der Waals surface area contributed by atoms with E-state index in [4.69, 9.17) is 0 Å². The van der Waals surface area contributed by atoms with Crippen LogP contribution >= 0.6 is 15.9 Å². The highest BCUT2D eigenvalue weighted by Crippen LogP contribution is 2.38. The molecular weight excluding hydrogens is 388 g/mol. The lowest BCUT2D eigenvalue weighted by Gasteiger charge is -2.17. The Bertz CT molecular complexity index is 558. The summed E-state index contributed by atoms with van der Waals surface area (Å²) in [5.41, 5.74) is -3.28. The molecule has 1 aromatic heterocycles. The third-order valence-electron chi connectivity index (χ3n) is 2.22. The fourth-order valence-electron chi connectivity index (χ4n) is 1.43. The molecule has 1 heterocycles. The summed E-state index contributed by atoms with van der Waals surface area (Å²) < 4.78 is 83.6. The summed E-state index contributed by atoms with van der Waals surface area (Å²) >= 11 is 2.65. The van der Waals surface area contributed by atoms with Gasteiger partial charge in [0.05, 0.1) is 12.2 Å². The summed E-state index contributed by atoms with van der Waals surface area (Å²) in [4.78, 5) is 14.6. The SMILES string of the molecule is CCOC(=O)c1cc(C(F)(F)F)c(CBr)c(OC(F)(F)F)n1. The molecule has 1 rings (SSSR count).